The second-order valence-corrected chi connectivity index (χ2v) is 6.51. The summed E-state index contributed by atoms with van der Waals surface area (Å²) in [5.41, 5.74) is 5.38. The highest BCUT2D eigenvalue weighted by atomic mass is 35.5. The number of nitrogens with one attached hydrogen (secondary N) is 1. The molecule has 22 heavy (non-hydrogen) atoms. The lowest BCUT2D eigenvalue weighted by atomic mass is 10.0. The van der Waals surface area contributed by atoms with Crippen molar-refractivity contribution in [2.45, 2.75) is 110 Å². The van der Waals surface area contributed by atoms with Gasteiger partial charge in [0.1, 0.15) is 0 Å². The molecule has 0 bridgehead atoms. The van der Waals surface area contributed by atoms with E-state index in [0.29, 0.717) is 6.67 Å². The Morgan fingerprint density at radius 2 is 0.864 bits per heavy atom. The van der Waals surface area contributed by atoms with Gasteiger partial charge in [-0.1, -0.05) is 103 Å². The Bertz CT molecular complexity index is 159. The third-order valence-corrected chi connectivity index (χ3v) is 4.35. The van der Waals surface area contributed by atoms with Gasteiger partial charge in [-0.15, -0.1) is 12.4 Å². The third kappa shape index (κ3) is 22.5. The molecule has 0 fully saturated rings. The molecule has 136 valence electrons. The fourth-order valence-electron chi connectivity index (χ4n) is 2.90. The Morgan fingerprint density at radius 1 is 0.545 bits per heavy atom. The summed E-state index contributed by atoms with van der Waals surface area (Å²) >= 11 is 0. The van der Waals surface area contributed by atoms with E-state index >= 15 is 0 Å². The Balaban J connectivity index is 0. The fourth-order valence-corrected chi connectivity index (χ4v) is 2.90. The Kier molecular flexibility index (Phi) is 26.1. The van der Waals surface area contributed by atoms with Crippen LogP contribution >= 0.6 is 12.4 Å². The zero-order valence-corrected chi connectivity index (χ0v) is 16.0. The van der Waals surface area contributed by atoms with Crippen LogP contribution in [0.15, 0.2) is 0 Å². The van der Waals surface area contributed by atoms with Crippen molar-refractivity contribution in [3.05, 3.63) is 0 Å². The molecule has 0 saturated heterocycles. The van der Waals surface area contributed by atoms with Crippen LogP contribution in [0.2, 0.25) is 0 Å². The summed E-state index contributed by atoms with van der Waals surface area (Å²) in [5, 5.41) is 3.18. The predicted molar refractivity (Wildman–Crippen MR) is 104 cm³/mol. The SMILES string of the molecule is CCCCCCCCCCCCCCCCCCNCN.Cl. The van der Waals surface area contributed by atoms with Crippen LogP contribution in [0.4, 0.5) is 0 Å². The summed E-state index contributed by atoms with van der Waals surface area (Å²) in [5.74, 6) is 0. The number of unbranched alkanes of at least 4 members (excludes halogenated alkanes) is 15. The lowest BCUT2D eigenvalue weighted by molar-refractivity contribution is 0.526. The molecule has 3 N–H and O–H groups in total. The molecule has 0 spiro atoms. The Hall–Kier alpha value is 0.210. The van der Waals surface area contributed by atoms with Crippen molar-refractivity contribution < 1.29 is 0 Å². The molecule has 0 radical (unpaired) electrons. The van der Waals surface area contributed by atoms with Gasteiger partial charge in [0, 0.05) is 6.67 Å². The van der Waals surface area contributed by atoms with Crippen LogP contribution in [0.25, 0.3) is 0 Å². The van der Waals surface area contributed by atoms with Crippen molar-refractivity contribution in [3.8, 4) is 0 Å². The highest BCUT2D eigenvalue weighted by Gasteiger charge is 1.94. The average molecular weight is 335 g/mol. The molecule has 0 unspecified atom stereocenters. The summed E-state index contributed by atoms with van der Waals surface area (Å²) in [6.07, 6.45) is 22.9. The van der Waals surface area contributed by atoms with Crippen LogP contribution in [0.1, 0.15) is 110 Å². The summed E-state index contributed by atoms with van der Waals surface area (Å²) in [6.45, 7) is 4.01. The maximum atomic E-state index is 5.38. The minimum atomic E-state index is 0. The normalized spacial score (nSPS) is 10.6. The molecule has 0 aromatic carbocycles. The molecular weight excluding hydrogens is 292 g/mol. The summed E-state index contributed by atoms with van der Waals surface area (Å²) in [7, 11) is 0. The molecule has 0 aliphatic heterocycles. The monoisotopic (exact) mass is 334 g/mol. The van der Waals surface area contributed by atoms with E-state index in [9.17, 15) is 0 Å². The molecule has 0 amide bonds. The first-order valence-electron chi connectivity index (χ1n) is 9.82. The molecule has 0 aromatic rings. The third-order valence-electron chi connectivity index (χ3n) is 4.35. The minimum Gasteiger partial charge on any atom is -0.318 e. The smallest absolute Gasteiger partial charge is 0.0428 e. The van der Waals surface area contributed by atoms with Gasteiger partial charge in [0.25, 0.3) is 0 Å². The van der Waals surface area contributed by atoms with Gasteiger partial charge < -0.3 is 11.1 Å². The molecule has 3 heteroatoms. The van der Waals surface area contributed by atoms with E-state index in [0.717, 1.165) is 6.54 Å². The molecule has 0 aliphatic rings. The van der Waals surface area contributed by atoms with Crippen LogP contribution in [-0.2, 0) is 0 Å². The number of halogens is 1. The zero-order chi connectivity index (χ0) is 15.4. The van der Waals surface area contributed by atoms with Crippen LogP contribution in [0.3, 0.4) is 0 Å². The van der Waals surface area contributed by atoms with E-state index in [4.69, 9.17) is 5.73 Å². The fraction of sp³-hybridized carbons (Fsp3) is 1.00. The van der Waals surface area contributed by atoms with Crippen molar-refractivity contribution in [3.63, 3.8) is 0 Å². The maximum Gasteiger partial charge on any atom is 0.0428 e. The van der Waals surface area contributed by atoms with Gasteiger partial charge in [0.05, 0.1) is 0 Å². The van der Waals surface area contributed by atoms with Crippen LogP contribution in [0.5, 0.6) is 0 Å². The van der Waals surface area contributed by atoms with Crippen molar-refractivity contribution in [2.24, 2.45) is 5.73 Å². The molecule has 0 rings (SSSR count). The minimum absolute atomic E-state index is 0. The lowest BCUT2D eigenvalue weighted by Crippen LogP contribution is -2.23. The topological polar surface area (TPSA) is 38.0 Å². The standard InChI is InChI=1S/C19H42N2.ClH/c1-2-3-4-5-6-7-8-9-10-11-12-13-14-15-16-17-18-21-19-20;/h21H,2-20H2,1H3;1H. The van der Waals surface area contributed by atoms with E-state index in [1.54, 1.807) is 0 Å². The first-order valence-corrected chi connectivity index (χ1v) is 9.82. The first kappa shape index (κ1) is 24.5. The molecule has 0 saturated carbocycles. The molecule has 2 nitrogen and oxygen atoms in total. The maximum absolute atomic E-state index is 5.38. The summed E-state index contributed by atoms with van der Waals surface area (Å²) < 4.78 is 0. The van der Waals surface area contributed by atoms with E-state index in [-0.39, 0.29) is 12.4 Å². The highest BCUT2D eigenvalue weighted by molar-refractivity contribution is 5.85. The van der Waals surface area contributed by atoms with E-state index in [2.05, 4.69) is 12.2 Å². The van der Waals surface area contributed by atoms with E-state index in [1.165, 1.54) is 103 Å². The Morgan fingerprint density at radius 3 is 1.18 bits per heavy atom. The van der Waals surface area contributed by atoms with Gasteiger partial charge in [-0.25, -0.2) is 0 Å². The van der Waals surface area contributed by atoms with Crippen LogP contribution in [-0.4, -0.2) is 13.2 Å². The van der Waals surface area contributed by atoms with Gasteiger partial charge in [0.15, 0.2) is 0 Å². The van der Waals surface area contributed by atoms with Gasteiger partial charge in [-0.3, -0.25) is 0 Å². The van der Waals surface area contributed by atoms with E-state index < -0.39 is 0 Å². The van der Waals surface area contributed by atoms with Crippen molar-refractivity contribution in [1.82, 2.24) is 5.32 Å². The Labute approximate surface area is 146 Å². The van der Waals surface area contributed by atoms with Crippen molar-refractivity contribution in [2.75, 3.05) is 13.2 Å². The highest BCUT2D eigenvalue weighted by Crippen LogP contribution is 2.13. The largest absolute Gasteiger partial charge is 0.318 e. The van der Waals surface area contributed by atoms with Crippen molar-refractivity contribution >= 4 is 12.4 Å². The lowest BCUT2D eigenvalue weighted by Gasteiger charge is -2.04. The van der Waals surface area contributed by atoms with Crippen molar-refractivity contribution in [1.29, 1.82) is 0 Å². The second kappa shape index (κ2) is 23.5. The van der Waals surface area contributed by atoms with Gasteiger partial charge >= 0.3 is 0 Å². The van der Waals surface area contributed by atoms with Crippen LogP contribution in [0, 0.1) is 0 Å². The average Bonchev–Trinajstić information content (AvgIpc) is 2.50. The number of hydrogen-bond acceptors (Lipinski definition) is 2. The zero-order valence-electron chi connectivity index (χ0n) is 15.2. The quantitative estimate of drug-likeness (QED) is 0.232. The molecular formula is C19H43ClN2. The van der Waals surface area contributed by atoms with Gasteiger partial charge in [0.2, 0.25) is 0 Å². The number of rotatable bonds is 18. The van der Waals surface area contributed by atoms with Crippen LogP contribution < -0.4 is 11.1 Å². The number of nitrogens with two attached hydrogens (primary N) is 1. The molecule has 0 atom stereocenters. The predicted octanol–water partition coefficient (Wildman–Crippen LogP) is 6.18. The first-order chi connectivity index (χ1) is 10.4. The number of hydrogen-bond donors (Lipinski definition) is 2. The second-order valence-electron chi connectivity index (χ2n) is 6.51. The summed E-state index contributed by atoms with van der Waals surface area (Å²) in [6, 6.07) is 0. The van der Waals surface area contributed by atoms with Gasteiger partial charge in [-0.05, 0) is 13.0 Å². The molecule has 0 aliphatic carbocycles. The molecule has 0 aromatic heterocycles. The molecule has 0 heterocycles. The summed E-state index contributed by atoms with van der Waals surface area (Å²) in [4.78, 5) is 0. The van der Waals surface area contributed by atoms with E-state index in [1.807, 2.05) is 0 Å². The van der Waals surface area contributed by atoms with Gasteiger partial charge in [-0.2, -0.15) is 0 Å².